The highest BCUT2D eigenvalue weighted by Crippen LogP contribution is 2.60. The van der Waals surface area contributed by atoms with Crippen molar-refractivity contribution in [2.45, 2.75) is 76.8 Å². The average Bonchev–Trinajstić information content (AvgIpc) is 3.30. The third kappa shape index (κ3) is 4.61. The molecule has 1 saturated carbocycles. The van der Waals surface area contributed by atoms with Crippen LogP contribution in [-0.4, -0.2) is 29.4 Å². The van der Waals surface area contributed by atoms with Gasteiger partial charge in [-0.3, -0.25) is 4.79 Å². The number of amides is 3. The van der Waals surface area contributed by atoms with Crippen LogP contribution in [0.25, 0.3) is 0 Å². The third-order valence-electron chi connectivity index (χ3n) is 8.18. The van der Waals surface area contributed by atoms with E-state index in [9.17, 15) is 9.59 Å². The van der Waals surface area contributed by atoms with E-state index in [-0.39, 0.29) is 39.9 Å². The van der Waals surface area contributed by atoms with Crippen LogP contribution in [-0.2, 0) is 10.2 Å². The van der Waals surface area contributed by atoms with Gasteiger partial charge in [-0.2, -0.15) is 0 Å². The number of halogens is 3. The molecule has 3 amide bonds. The van der Waals surface area contributed by atoms with E-state index in [4.69, 9.17) is 23.2 Å². The number of hydrogen-bond donors (Lipinski definition) is 2. The van der Waals surface area contributed by atoms with Crippen LogP contribution in [0.5, 0.6) is 0 Å². The molecule has 2 aliphatic heterocycles. The summed E-state index contributed by atoms with van der Waals surface area (Å²) in [5, 5.41) is 6.70. The summed E-state index contributed by atoms with van der Waals surface area (Å²) >= 11 is 12.6. The Morgan fingerprint density at radius 2 is 1.89 bits per heavy atom. The summed E-state index contributed by atoms with van der Waals surface area (Å²) in [6.45, 7) is 6.68. The van der Waals surface area contributed by atoms with Gasteiger partial charge in [-0.15, -0.1) is 0 Å². The first kappa shape index (κ1) is 26.3. The van der Waals surface area contributed by atoms with Crippen LogP contribution in [0.4, 0.5) is 14.9 Å². The first-order valence-corrected chi connectivity index (χ1v) is 13.9. The molecule has 3 atom stereocenters. The molecule has 5 rings (SSSR count). The summed E-state index contributed by atoms with van der Waals surface area (Å²) in [5.74, 6) is -1.09. The largest absolute Gasteiger partial charge is 0.335 e. The molecule has 198 valence electrons. The van der Waals surface area contributed by atoms with Gasteiger partial charge in [0.15, 0.2) is 0 Å². The molecule has 2 aromatic carbocycles. The molecule has 1 saturated heterocycles. The van der Waals surface area contributed by atoms with Gasteiger partial charge < -0.3 is 15.5 Å². The van der Waals surface area contributed by atoms with Gasteiger partial charge in [0.25, 0.3) is 0 Å². The van der Waals surface area contributed by atoms with E-state index < -0.39 is 17.3 Å². The second-order valence-electron chi connectivity index (χ2n) is 12.0. The lowest BCUT2D eigenvalue weighted by Gasteiger charge is -2.38. The van der Waals surface area contributed by atoms with E-state index >= 15 is 4.39 Å². The zero-order valence-electron chi connectivity index (χ0n) is 21.5. The lowest BCUT2D eigenvalue weighted by Crippen LogP contribution is -2.49. The van der Waals surface area contributed by atoms with Crippen molar-refractivity contribution in [1.29, 1.82) is 0 Å². The number of rotatable bonds is 3. The van der Waals surface area contributed by atoms with Crippen molar-refractivity contribution in [2.75, 3.05) is 11.9 Å². The van der Waals surface area contributed by atoms with Crippen molar-refractivity contribution in [3.05, 3.63) is 63.4 Å². The predicted octanol–water partition coefficient (Wildman–Crippen LogP) is 7.47. The van der Waals surface area contributed by atoms with Crippen LogP contribution in [0, 0.1) is 17.2 Å². The van der Waals surface area contributed by atoms with E-state index in [0.29, 0.717) is 23.7 Å². The van der Waals surface area contributed by atoms with Gasteiger partial charge in [-0.25, -0.2) is 9.18 Å². The minimum Gasteiger partial charge on any atom is -0.335 e. The number of carbonyl (C=O) groups is 2. The summed E-state index contributed by atoms with van der Waals surface area (Å²) in [6.07, 6.45) is 5.83. The second kappa shape index (κ2) is 9.77. The second-order valence-corrected chi connectivity index (χ2v) is 12.8. The summed E-state index contributed by atoms with van der Waals surface area (Å²) < 4.78 is 15.8. The Bertz CT molecular complexity index is 1220. The molecule has 37 heavy (non-hydrogen) atoms. The fourth-order valence-electron chi connectivity index (χ4n) is 6.78. The Labute approximate surface area is 228 Å². The van der Waals surface area contributed by atoms with Crippen LogP contribution >= 0.6 is 23.2 Å². The summed E-state index contributed by atoms with van der Waals surface area (Å²) in [4.78, 5) is 29.7. The number of anilines is 1. The highest BCUT2D eigenvalue weighted by Gasteiger charge is 2.65. The maximum absolute atomic E-state index is 15.8. The molecule has 5 nitrogen and oxygen atoms in total. The Kier molecular flexibility index (Phi) is 6.95. The van der Waals surface area contributed by atoms with Crippen LogP contribution < -0.4 is 10.6 Å². The lowest BCUT2D eigenvalue weighted by atomic mass is 9.63. The molecule has 1 aliphatic carbocycles. The van der Waals surface area contributed by atoms with Crippen LogP contribution in [0.1, 0.15) is 76.5 Å². The number of benzene rings is 2. The van der Waals surface area contributed by atoms with E-state index in [1.165, 1.54) is 12.5 Å². The van der Waals surface area contributed by atoms with Gasteiger partial charge in [0.05, 0.1) is 11.1 Å². The molecule has 8 heteroatoms. The molecule has 3 aliphatic rings. The Hall–Kier alpha value is -2.31. The molecule has 0 radical (unpaired) electrons. The number of nitrogens with one attached hydrogen (secondary N) is 2. The Morgan fingerprint density at radius 1 is 1.16 bits per heavy atom. The van der Waals surface area contributed by atoms with Crippen molar-refractivity contribution < 1.29 is 14.0 Å². The van der Waals surface area contributed by atoms with Gasteiger partial charge in [-0.05, 0) is 54.4 Å². The van der Waals surface area contributed by atoms with Gasteiger partial charge >= 0.3 is 6.03 Å². The highest BCUT2D eigenvalue weighted by atomic mass is 35.5. The molecule has 2 aromatic rings. The maximum Gasteiger partial charge on any atom is 0.318 e. The van der Waals surface area contributed by atoms with E-state index in [0.717, 1.165) is 31.2 Å². The van der Waals surface area contributed by atoms with Crippen molar-refractivity contribution in [3.8, 4) is 0 Å². The van der Waals surface area contributed by atoms with E-state index in [1.807, 2.05) is 6.07 Å². The lowest BCUT2D eigenvalue weighted by molar-refractivity contribution is -0.123. The van der Waals surface area contributed by atoms with Crippen molar-refractivity contribution >= 4 is 40.8 Å². The normalized spacial score (nSPS) is 25.9. The molecular weight excluding hydrogens is 512 g/mol. The van der Waals surface area contributed by atoms with E-state index in [2.05, 4.69) is 31.4 Å². The molecule has 0 unspecified atom stereocenters. The minimum absolute atomic E-state index is 0.0331. The van der Waals surface area contributed by atoms with Crippen LogP contribution in [0.3, 0.4) is 0 Å². The molecule has 0 aromatic heterocycles. The fraction of sp³-hybridized carbons (Fsp3) is 0.517. The molecule has 2 heterocycles. The quantitative estimate of drug-likeness (QED) is 0.420. The Morgan fingerprint density at radius 3 is 2.59 bits per heavy atom. The smallest absolute Gasteiger partial charge is 0.318 e. The standard InChI is InChI=1S/C29H34Cl2FN3O2/c1-28(2,3)15-17-16-35(27(37)33-19-8-5-4-6-9-19)25(20-10-7-11-22(31)24(20)32)29(17)21-13-12-18(30)14-23(21)34-26(29)36/h7,10-14,17,19,25H,4-6,8-9,15-16H2,1-3H3,(H,33,37)(H,34,36)/t17-,25-,29+/m1/s1. The fourth-order valence-corrected chi connectivity index (χ4v) is 7.13. The first-order valence-electron chi connectivity index (χ1n) is 13.1. The topological polar surface area (TPSA) is 61.4 Å². The third-order valence-corrected chi connectivity index (χ3v) is 8.71. The van der Waals surface area contributed by atoms with Crippen LogP contribution in [0.15, 0.2) is 36.4 Å². The molecular formula is C29H34Cl2FN3O2. The number of nitrogens with zero attached hydrogens (tertiary/aromatic N) is 1. The van der Waals surface area contributed by atoms with E-state index in [1.54, 1.807) is 29.2 Å². The molecule has 2 N–H and O–H groups in total. The number of likely N-dealkylation sites (tertiary alicyclic amines) is 1. The first-order chi connectivity index (χ1) is 17.5. The van der Waals surface area contributed by atoms with Crippen molar-refractivity contribution in [3.63, 3.8) is 0 Å². The number of carbonyl (C=O) groups excluding carboxylic acids is 2. The molecule has 0 bridgehead atoms. The van der Waals surface area contributed by atoms with Gasteiger partial charge in [0.1, 0.15) is 11.2 Å². The van der Waals surface area contributed by atoms with Crippen molar-refractivity contribution in [2.24, 2.45) is 11.3 Å². The molecule has 1 spiro atoms. The SMILES string of the molecule is CC(C)(C)C[C@@H]1CN(C(=O)NC2CCCCC2)[C@H](c2cccc(Cl)c2F)[C@]12C(=O)Nc1cc(Cl)ccc12. The zero-order chi connectivity index (χ0) is 26.5. The number of fused-ring (bicyclic) bond motifs is 2. The average molecular weight is 547 g/mol. The Balaban J connectivity index is 1.70. The monoisotopic (exact) mass is 545 g/mol. The number of hydrogen-bond acceptors (Lipinski definition) is 2. The van der Waals surface area contributed by atoms with Gasteiger partial charge in [0.2, 0.25) is 5.91 Å². The van der Waals surface area contributed by atoms with Gasteiger partial charge in [0, 0.05) is 28.9 Å². The highest BCUT2D eigenvalue weighted by molar-refractivity contribution is 6.31. The van der Waals surface area contributed by atoms with Crippen molar-refractivity contribution in [1.82, 2.24) is 10.2 Å². The minimum atomic E-state index is -1.19. The summed E-state index contributed by atoms with van der Waals surface area (Å²) in [7, 11) is 0. The van der Waals surface area contributed by atoms with Crippen LogP contribution in [0.2, 0.25) is 10.0 Å². The van der Waals surface area contributed by atoms with Gasteiger partial charge in [-0.1, -0.05) is 81.4 Å². The molecule has 2 fully saturated rings. The zero-order valence-corrected chi connectivity index (χ0v) is 23.1. The summed E-state index contributed by atoms with van der Waals surface area (Å²) in [6, 6.07) is 9.10. The predicted molar refractivity (Wildman–Crippen MR) is 146 cm³/mol. The maximum atomic E-state index is 15.8. The number of urea groups is 1. The summed E-state index contributed by atoms with van der Waals surface area (Å²) in [5.41, 5.74) is 0.274.